The van der Waals surface area contributed by atoms with Crippen molar-refractivity contribution in [2.45, 2.75) is 108 Å². The number of carbonyl (C=O) groups excluding carboxylic acids is 4. The second-order valence-electron chi connectivity index (χ2n) is 13.5. The summed E-state index contributed by atoms with van der Waals surface area (Å²) in [4.78, 5) is 57.2. The summed E-state index contributed by atoms with van der Waals surface area (Å²) in [6.45, 7) is 4.79. The minimum Gasteiger partial charge on any atom is -0.468 e. The molecular formula is C34H42F4N4O7. The van der Waals surface area contributed by atoms with Gasteiger partial charge in [-0.1, -0.05) is 30.3 Å². The molecule has 1 aromatic carbocycles. The molecule has 11 nitrogen and oxygen atoms in total. The molecule has 15 heteroatoms. The summed E-state index contributed by atoms with van der Waals surface area (Å²) in [5.74, 6) is -8.62. The zero-order chi connectivity index (χ0) is 36.0. The molecule has 2 aliphatic rings. The van der Waals surface area contributed by atoms with Gasteiger partial charge in [-0.3, -0.25) is 14.9 Å². The third kappa shape index (κ3) is 10.0. The Morgan fingerprint density at radius 1 is 0.857 bits per heavy atom. The van der Waals surface area contributed by atoms with Crippen molar-refractivity contribution < 1.29 is 51.0 Å². The molecule has 1 aromatic heterocycles. The van der Waals surface area contributed by atoms with Gasteiger partial charge in [-0.25, -0.2) is 32.1 Å². The van der Waals surface area contributed by atoms with Crippen LogP contribution in [0.15, 0.2) is 42.5 Å². The number of aromatic nitrogens is 1. The quantitative estimate of drug-likeness (QED) is 0.143. The fourth-order valence-electron chi connectivity index (χ4n) is 6.02. The Balaban J connectivity index is 1.67. The number of anilines is 2. The number of esters is 1. The number of carbonyl (C=O) groups is 4. The summed E-state index contributed by atoms with van der Waals surface area (Å²) in [6, 6.07) is 10.1. The molecule has 3 N–H and O–H groups in total. The Bertz CT molecular complexity index is 1500. The maximum atomic E-state index is 14.2. The van der Waals surface area contributed by atoms with Crippen molar-refractivity contribution in [3.05, 3.63) is 53.7 Å². The third-order valence-electron chi connectivity index (χ3n) is 8.68. The van der Waals surface area contributed by atoms with Gasteiger partial charge in [0.1, 0.15) is 23.7 Å². The van der Waals surface area contributed by atoms with E-state index in [1.54, 1.807) is 51.1 Å². The predicted molar refractivity (Wildman–Crippen MR) is 170 cm³/mol. The average molecular weight is 695 g/mol. The Kier molecular flexibility index (Phi) is 11.4. The minimum absolute atomic E-state index is 0.00368. The van der Waals surface area contributed by atoms with Crippen LogP contribution in [0.4, 0.5) is 38.7 Å². The zero-order valence-corrected chi connectivity index (χ0v) is 27.9. The van der Waals surface area contributed by atoms with Crippen molar-refractivity contribution in [2.24, 2.45) is 5.92 Å². The summed E-state index contributed by atoms with van der Waals surface area (Å²) in [5.41, 5.74) is -1.89. The van der Waals surface area contributed by atoms with Crippen LogP contribution in [0.25, 0.3) is 0 Å². The highest BCUT2D eigenvalue weighted by molar-refractivity contribution is 6.00. The van der Waals surface area contributed by atoms with Gasteiger partial charge in [0.25, 0.3) is 0 Å². The van der Waals surface area contributed by atoms with Crippen LogP contribution in [0.3, 0.4) is 0 Å². The summed E-state index contributed by atoms with van der Waals surface area (Å²) in [5, 5.41) is 7.56. The predicted octanol–water partition coefficient (Wildman–Crippen LogP) is 7.11. The summed E-state index contributed by atoms with van der Waals surface area (Å²) >= 11 is 0. The van der Waals surface area contributed by atoms with Gasteiger partial charge in [0, 0.05) is 25.7 Å². The second kappa shape index (κ2) is 15.0. The number of hydrogen-bond donors (Lipinski definition) is 3. The monoisotopic (exact) mass is 694 g/mol. The number of pyridine rings is 1. The second-order valence-corrected chi connectivity index (χ2v) is 13.5. The molecule has 0 unspecified atom stereocenters. The van der Waals surface area contributed by atoms with Crippen molar-refractivity contribution in [3.8, 4) is 0 Å². The summed E-state index contributed by atoms with van der Waals surface area (Å²) in [7, 11) is 1.12. The van der Waals surface area contributed by atoms with E-state index in [1.165, 1.54) is 12.1 Å². The van der Waals surface area contributed by atoms with E-state index in [0.29, 0.717) is 5.56 Å². The van der Waals surface area contributed by atoms with Gasteiger partial charge in [0.2, 0.25) is 17.8 Å². The highest BCUT2D eigenvalue weighted by Gasteiger charge is 2.51. The Morgan fingerprint density at radius 3 is 2.06 bits per heavy atom. The molecule has 1 atom stereocenters. The van der Waals surface area contributed by atoms with Gasteiger partial charge in [0.05, 0.1) is 18.5 Å². The van der Waals surface area contributed by atoms with E-state index >= 15 is 0 Å². The molecule has 2 aromatic rings. The van der Waals surface area contributed by atoms with E-state index in [1.807, 2.05) is 0 Å². The average Bonchev–Trinajstić information content (AvgIpc) is 3.03. The number of methoxy groups -OCH3 is 1. The zero-order valence-electron chi connectivity index (χ0n) is 27.9. The topological polar surface area (TPSA) is 145 Å². The molecular weight excluding hydrogens is 652 g/mol. The van der Waals surface area contributed by atoms with Crippen molar-refractivity contribution in [1.82, 2.24) is 10.3 Å². The number of ether oxygens (including phenoxy) is 3. The molecule has 49 heavy (non-hydrogen) atoms. The largest absolute Gasteiger partial charge is 0.468 e. The van der Waals surface area contributed by atoms with Gasteiger partial charge in [0.15, 0.2) is 5.82 Å². The standard InChI is InChI=1S/C34H42F4N4O7/c1-31(2,3)49-30(46)39-23-10-11-24(32(28(44)47-4)16-18-34(37,38)19-17-32)40-26(23)42-27(43)25(22-12-14-33(35,36)15-13-22)41-29(45)48-20-21-8-6-5-7-9-21/h5-11,22,25H,12-20H2,1-4H3,(H,39,46)(H,41,45)(H,40,42,43)/t25-/m0/s1. The SMILES string of the molecule is COC(=O)C1(c2ccc(NC(=O)OC(C)(C)C)c(NC(=O)[C@@H](NC(=O)OCc3ccccc3)C3CCC(F)(F)CC3)n2)CCC(F)(F)CC1. The number of halogens is 4. The molecule has 2 aliphatic carbocycles. The molecule has 2 saturated carbocycles. The highest BCUT2D eigenvalue weighted by Crippen LogP contribution is 2.46. The van der Waals surface area contributed by atoms with Gasteiger partial charge in [-0.2, -0.15) is 0 Å². The first-order valence-corrected chi connectivity index (χ1v) is 16.1. The van der Waals surface area contributed by atoms with Crippen LogP contribution < -0.4 is 16.0 Å². The number of alkyl halides is 4. The molecule has 0 spiro atoms. The van der Waals surface area contributed by atoms with E-state index in [-0.39, 0.29) is 49.5 Å². The maximum absolute atomic E-state index is 14.2. The number of amides is 3. The summed E-state index contributed by atoms with van der Waals surface area (Å²) < 4.78 is 72.2. The third-order valence-corrected chi connectivity index (χ3v) is 8.68. The van der Waals surface area contributed by atoms with Crippen LogP contribution >= 0.6 is 0 Å². The number of nitrogens with zero attached hydrogens (tertiary/aromatic N) is 1. The van der Waals surface area contributed by atoms with Crippen LogP contribution in [0.2, 0.25) is 0 Å². The number of nitrogens with one attached hydrogen (secondary N) is 3. The molecule has 0 saturated heterocycles. The van der Waals surface area contributed by atoms with Crippen LogP contribution in [0.5, 0.6) is 0 Å². The number of benzene rings is 1. The maximum Gasteiger partial charge on any atom is 0.412 e. The van der Waals surface area contributed by atoms with Gasteiger partial charge in [-0.15, -0.1) is 0 Å². The van der Waals surface area contributed by atoms with E-state index in [2.05, 4.69) is 20.9 Å². The van der Waals surface area contributed by atoms with Crippen LogP contribution in [-0.4, -0.2) is 59.6 Å². The van der Waals surface area contributed by atoms with E-state index in [4.69, 9.17) is 14.2 Å². The summed E-state index contributed by atoms with van der Waals surface area (Å²) in [6.07, 6.45) is -4.94. The first-order chi connectivity index (χ1) is 22.9. The van der Waals surface area contributed by atoms with Crippen molar-refractivity contribution in [1.29, 1.82) is 0 Å². The lowest BCUT2D eigenvalue weighted by Gasteiger charge is -2.37. The van der Waals surface area contributed by atoms with E-state index in [9.17, 15) is 36.7 Å². The smallest absolute Gasteiger partial charge is 0.412 e. The Morgan fingerprint density at radius 2 is 1.47 bits per heavy atom. The first-order valence-electron chi connectivity index (χ1n) is 16.1. The van der Waals surface area contributed by atoms with Crippen LogP contribution in [-0.2, 0) is 35.8 Å². The van der Waals surface area contributed by atoms with Crippen molar-refractivity contribution in [2.75, 3.05) is 17.7 Å². The molecule has 2 fully saturated rings. The normalized spacial score (nSPS) is 19.1. The fourth-order valence-corrected chi connectivity index (χ4v) is 6.02. The first kappa shape index (κ1) is 37.4. The van der Waals surface area contributed by atoms with Crippen molar-refractivity contribution in [3.63, 3.8) is 0 Å². The fraction of sp³-hybridized carbons (Fsp3) is 0.559. The molecule has 0 aliphatic heterocycles. The molecule has 0 radical (unpaired) electrons. The number of rotatable bonds is 9. The van der Waals surface area contributed by atoms with Gasteiger partial charge in [-0.05, 0) is 70.1 Å². The molecule has 1 heterocycles. The Hall–Kier alpha value is -4.43. The van der Waals surface area contributed by atoms with E-state index < -0.39 is 84.6 Å². The lowest BCUT2D eigenvalue weighted by Crippen LogP contribution is -2.50. The highest BCUT2D eigenvalue weighted by atomic mass is 19.3. The van der Waals surface area contributed by atoms with E-state index in [0.717, 1.165) is 7.11 Å². The molecule has 4 rings (SSSR count). The molecule has 268 valence electrons. The van der Waals surface area contributed by atoms with Gasteiger partial charge < -0.3 is 24.8 Å². The lowest BCUT2D eigenvalue weighted by molar-refractivity contribution is -0.153. The lowest BCUT2D eigenvalue weighted by atomic mass is 9.70. The molecule has 3 amide bonds. The minimum atomic E-state index is -3.00. The number of hydrogen-bond acceptors (Lipinski definition) is 8. The van der Waals surface area contributed by atoms with Crippen LogP contribution in [0.1, 0.15) is 83.4 Å². The number of alkyl carbamates (subject to hydrolysis) is 1. The Labute approximate surface area is 281 Å². The van der Waals surface area contributed by atoms with Crippen LogP contribution in [0, 0.1) is 5.92 Å². The molecule has 0 bridgehead atoms. The van der Waals surface area contributed by atoms with Gasteiger partial charge >= 0.3 is 18.2 Å². The van der Waals surface area contributed by atoms with Crippen molar-refractivity contribution >= 4 is 35.6 Å².